The fraction of sp³-hybridized carbons (Fsp3) is 0.500. The normalized spacial score (nSPS) is 14.7. The van der Waals surface area contributed by atoms with Crippen LogP contribution in [0.25, 0.3) is 0 Å². The van der Waals surface area contributed by atoms with Crippen molar-refractivity contribution in [2.45, 2.75) is 45.7 Å². The molecule has 1 aromatic heterocycles. The molecule has 3 rings (SSSR count). The summed E-state index contributed by atoms with van der Waals surface area (Å²) >= 11 is 0. The van der Waals surface area contributed by atoms with Gasteiger partial charge in [-0.2, -0.15) is 0 Å². The molecular weight excluding hydrogens is 346 g/mol. The molecule has 0 saturated heterocycles. The van der Waals surface area contributed by atoms with E-state index in [4.69, 9.17) is 14.5 Å². The van der Waals surface area contributed by atoms with Crippen LogP contribution in [0.2, 0.25) is 0 Å². The standard InChI is InChI=1S/C20H27N3O4/c1-20(2,3)19-21-14-6-7-23(11-13(14)18(25)22-19)10-12-8-15(24)17(27-5)16(9-12)26-4/h8-9,24H,6-7,10-11H2,1-5H3,(H,21,22,25). The molecule has 2 aromatic rings. The molecule has 2 heterocycles. The molecule has 1 aliphatic heterocycles. The zero-order valence-corrected chi connectivity index (χ0v) is 16.5. The van der Waals surface area contributed by atoms with Crippen molar-refractivity contribution in [1.82, 2.24) is 14.9 Å². The summed E-state index contributed by atoms with van der Waals surface area (Å²) in [7, 11) is 3.03. The highest BCUT2D eigenvalue weighted by molar-refractivity contribution is 5.53. The summed E-state index contributed by atoms with van der Waals surface area (Å²) in [6.07, 6.45) is 0.724. The number of ether oxygens (including phenoxy) is 2. The summed E-state index contributed by atoms with van der Waals surface area (Å²) in [6.45, 7) is 8.02. The van der Waals surface area contributed by atoms with Gasteiger partial charge in [0.15, 0.2) is 11.5 Å². The van der Waals surface area contributed by atoms with Crippen molar-refractivity contribution in [3.05, 3.63) is 45.1 Å². The molecule has 0 atom stereocenters. The van der Waals surface area contributed by atoms with E-state index in [0.29, 0.717) is 24.6 Å². The van der Waals surface area contributed by atoms with E-state index in [9.17, 15) is 9.90 Å². The van der Waals surface area contributed by atoms with E-state index in [0.717, 1.165) is 35.6 Å². The van der Waals surface area contributed by atoms with Gasteiger partial charge in [0.05, 0.1) is 25.5 Å². The third-order valence-corrected chi connectivity index (χ3v) is 4.78. The molecule has 0 amide bonds. The van der Waals surface area contributed by atoms with E-state index in [1.165, 1.54) is 14.2 Å². The highest BCUT2D eigenvalue weighted by atomic mass is 16.5. The number of aromatic nitrogens is 2. The van der Waals surface area contributed by atoms with Gasteiger partial charge in [0, 0.05) is 31.5 Å². The van der Waals surface area contributed by atoms with Crippen molar-refractivity contribution in [2.24, 2.45) is 0 Å². The minimum atomic E-state index is -0.192. The minimum absolute atomic E-state index is 0.0404. The van der Waals surface area contributed by atoms with E-state index in [2.05, 4.69) is 9.88 Å². The quantitative estimate of drug-likeness (QED) is 0.855. The Morgan fingerprint density at radius 1 is 1.26 bits per heavy atom. The van der Waals surface area contributed by atoms with Crippen molar-refractivity contribution < 1.29 is 14.6 Å². The number of phenols is 1. The molecule has 7 heteroatoms. The monoisotopic (exact) mass is 373 g/mol. The van der Waals surface area contributed by atoms with Crippen LogP contribution in [-0.4, -0.2) is 40.7 Å². The summed E-state index contributed by atoms with van der Waals surface area (Å²) in [5, 5.41) is 10.2. The number of aromatic hydroxyl groups is 1. The van der Waals surface area contributed by atoms with Crippen LogP contribution >= 0.6 is 0 Å². The van der Waals surface area contributed by atoms with Gasteiger partial charge >= 0.3 is 0 Å². The van der Waals surface area contributed by atoms with Crippen LogP contribution in [0, 0.1) is 0 Å². The molecule has 0 spiro atoms. The predicted octanol–water partition coefficient (Wildman–Crippen LogP) is 2.35. The third kappa shape index (κ3) is 3.93. The summed E-state index contributed by atoms with van der Waals surface area (Å²) in [6, 6.07) is 3.52. The summed E-state index contributed by atoms with van der Waals surface area (Å²) < 4.78 is 10.5. The number of hydrogen-bond acceptors (Lipinski definition) is 6. The highest BCUT2D eigenvalue weighted by Crippen LogP contribution is 2.37. The van der Waals surface area contributed by atoms with Gasteiger partial charge in [0.1, 0.15) is 5.82 Å². The van der Waals surface area contributed by atoms with Crippen LogP contribution in [-0.2, 0) is 24.9 Å². The zero-order chi connectivity index (χ0) is 19.8. The molecule has 0 fully saturated rings. The van der Waals surface area contributed by atoms with E-state index in [1.807, 2.05) is 26.8 Å². The van der Waals surface area contributed by atoms with Gasteiger partial charge in [0.2, 0.25) is 5.75 Å². The smallest absolute Gasteiger partial charge is 0.255 e. The Bertz CT molecular complexity index is 899. The van der Waals surface area contributed by atoms with Gasteiger partial charge in [-0.1, -0.05) is 20.8 Å². The van der Waals surface area contributed by atoms with Gasteiger partial charge in [-0.25, -0.2) is 4.98 Å². The van der Waals surface area contributed by atoms with Gasteiger partial charge < -0.3 is 19.6 Å². The largest absolute Gasteiger partial charge is 0.504 e. The lowest BCUT2D eigenvalue weighted by atomic mass is 9.95. The number of aromatic amines is 1. The number of nitrogens with one attached hydrogen (secondary N) is 1. The first-order valence-corrected chi connectivity index (χ1v) is 9.01. The number of benzene rings is 1. The van der Waals surface area contributed by atoms with Gasteiger partial charge in [0.25, 0.3) is 5.56 Å². The van der Waals surface area contributed by atoms with E-state index < -0.39 is 0 Å². The Hall–Kier alpha value is -2.54. The average Bonchev–Trinajstić information content (AvgIpc) is 2.60. The fourth-order valence-electron chi connectivity index (χ4n) is 3.32. The number of hydrogen-bond donors (Lipinski definition) is 2. The number of nitrogens with zero attached hydrogens (tertiary/aromatic N) is 2. The number of rotatable bonds is 4. The molecular formula is C20H27N3O4. The summed E-state index contributed by atoms with van der Waals surface area (Å²) in [5.74, 6) is 1.57. The van der Waals surface area contributed by atoms with Crippen LogP contribution in [0.3, 0.4) is 0 Å². The maximum absolute atomic E-state index is 12.6. The van der Waals surface area contributed by atoms with Crippen LogP contribution in [0.1, 0.15) is 43.4 Å². The van der Waals surface area contributed by atoms with Gasteiger partial charge in [-0.05, 0) is 17.7 Å². The predicted molar refractivity (Wildman–Crippen MR) is 103 cm³/mol. The molecule has 0 unspecified atom stereocenters. The highest BCUT2D eigenvalue weighted by Gasteiger charge is 2.25. The van der Waals surface area contributed by atoms with Crippen LogP contribution in [0.5, 0.6) is 17.2 Å². The van der Waals surface area contributed by atoms with Gasteiger partial charge in [-0.3, -0.25) is 9.69 Å². The number of methoxy groups -OCH3 is 2. The number of fused-ring (bicyclic) bond motifs is 1. The second-order valence-corrected chi connectivity index (χ2v) is 7.90. The number of H-pyrrole nitrogens is 1. The molecule has 0 aliphatic carbocycles. The van der Waals surface area contributed by atoms with Crippen molar-refractivity contribution in [3.8, 4) is 17.2 Å². The molecule has 2 N–H and O–H groups in total. The maximum atomic E-state index is 12.6. The van der Waals surface area contributed by atoms with Crippen molar-refractivity contribution in [2.75, 3.05) is 20.8 Å². The third-order valence-electron chi connectivity index (χ3n) is 4.78. The molecule has 0 saturated carbocycles. The first-order valence-electron chi connectivity index (χ1n) is 9.01. The first-order chi connectivity index (χ1) is 12.7. The second kappa shape index (κ2) is 7.23. The summed E-state index contributed by atoms with van der Waals surface area (Å²) in [5.41, 5.74) is 2.24. The van der Waals surface area contributed by atoms with Crippen molar-refractivity contribution in [3.63, 3.8) is 0 Å². The SMILES string of the molecule is COc1cc(CN2CCc3nc(C(C)(C)C)[nH]c(=O)c3C2)cc(O)c1OC. The lowest BCUT2D eigenvalue weighted by Crippen LogP contribution is -2.37. The second-order valence-electron chi connectivity index (χ2n) is 7.90. The average molecular weight is 373 g/mol. The molecule has 0 radical (unpaired) electrons. The zero-order valence-electron chi connectivity index (χ0n) is 16.5. The molecule has 27 heavy (non-hydrogen) atoms. The Balaban J connectivity index is 1.83. The van der Waals surface area contributed by atoms with Gasteiger partial charge in [-0.15, -0.1) is 0 Å². The van der Waals surface area contributed by atoms with E-state index >= 15 is 0 Å². The van der Waals surface area contributed by atoms with Crippen LogP contribution in [0.15, 0.2) is 16.9 Å². The minimum Gasteiger partial charge on any atom is -0.504 e. The topological polar surface area (TPSA) is 87.7 Å². The Morgan fingerprint density at radius 2 is 2.00 bits per heavy atom. The van der Waals surface area contributed by atoms with E-state index in [1.54, 1.807) is 6.07 Å². The number of phenolic OH excluding ortho intramolecular Hbond substituents is 1. The lowest BCUT2D eigenvalue weighted by Gasteiger charge is -2.29. The first kappa shape index (κ1) is 19.2. The van der Waals surface area contributed by atoms with Crippen molar-refractivity contribution >= 4 is 0 Å². The van der Waals surface area contributed by atoms with Crippen molar-refractivity contribution in [1.29, 1.82) is 0 Å². The lowest BCUT2D eigenvalue weighted by molar-refractivity contribution is 0.240. The molecule has 1 aliphatic rings. The van der Waals surface area contributed by atoms with Crippen LogP contribution in [0.4, 0.5) is 0 Å². The maximum Gasteiger partial charge on any atom is 0.255 e. The Labute approximate surface area is 159 Å². The fourth-order valence-corrected chi connectivity index (χ4v) is 3.32. The molecule has 146 valence electrons. The molecule has 0 bridgehead atoms. The van der Waals surface area contributed by atoms with E-state index in [-0.39, 0.29) is 16.7 Å². The Kier molecular flexibility index (Phi) is 5.15. The van der Waals surface area contributed by atoms with Crippen LogP contribution < -0.4 is 15.0 Å². The summed E-state index contributed by atoms with van der Waals surface area (Å²) in [4.78, 5) is 22.4. The molecule has 1 aromatic carbocycles. The molecule has 7 nitrogen and oxygen atoms in total. The Morgan fingerprint density at radius 3 is 2.63 bits per heavy atom.